The molecule has 2 rings (SSSR count). The van der Waals surface area contributed by atoms with Gasteiger partial charge < -0.3 is 16.0 Å². The van der Waals surface area contributed by atoms with Crippen LogP contribution in [0.25, 0.3) is 0 Å². The van der Waals surface area contributed by atoms with E-state index in [-0.39, 0.29) is 47.7 Å². The Bertz CT molecular complexity index is 849. The fourth-order valence-electron chi connectivity index (χ4n) is 2.48. The molecule has 0 fully saturated rings. The SMILES string of the molecule is CC(C)(C)NC(=O)CNC(=NCc1ccccc1)NCc1ccc([N+](=O)[O-])cc1.I. The molecule has 162 valence electrons. The average Bonchev–Trinajstić information content (AvgIpc) is 2.67. The van der Waals surface area contributed by atoms with Gasteiger partial charge in [-0.15, -0.1) is 24.0 Å². The quantitative estimate of drug-likeness (QED) is 0.169. The van der Waals surface area contributed by atoms with Crippen molar-refractivity contribution in [3.8, 4) is 0 Å². The van der Waals surface area contributed by atoms with Crippen molar-refractivity contribution in [3.05, 3.63) is 75.8 Å². The largest absolute Gasteiger partial charge is 0.352 e. The lowest BCUT2D eigenvalue weighted by atomic mass is 10.1. The zero-order valence-corrected chi connectivity index (χ0v) is 19.7. The zero-order chi connectivity index (χ0) is 21.3. The number of hydrogen-bond acceptors (Lipinski definition) is 4. The van der Waals surface area contributed by atoms with Crippen LogP contribution >= 0.6 is 24.0 Å². The lowest BCUT2D eigenvalue weighted by molar-refractivity contribution is -0.384. The van der Waals surface area contributed by atoms with Crippen molar-refractivity contribution >= 4 is 41.5 Å². The second-order valence-corrected chi connectivity index (χ2v) is 7.58. The second-order valence-electron chi connectivity index (χ2n) is 7.58. The van der Waals surface area contributed by atoms with E-state index in [4.69, 9.17) is 0 Å². The van der Waals surface area contributed by atoms with E-state index in [2.05, 4.69) is 20.9 Å². The molecule has 0 unspecified atom stereocenters. The number of nitro groups is 1. The molecule has 0 radical (unpaired) electrons. The zero-order valence-electron chi connectivity index (χ0n) is 17.3. The molecular formula is C21H28IN5O3. The Kier molecular flexibility index (Phi) is 10.2. The highest BCUT2D eigenvalue weighted by atomic mass is 127. The average molecular weight is 525 g/mol. The Hall–Kier alpha value is -2.69. The Morgan fingerprint density at radius 3 is 2.20 bits per heavy atom. The van der Waals surface area contributed by atoms with Gasteiger partial charge in [0, 0.05) is 24.2 Å². The molecule has 3 N–H and O–H groups in total. The fourth-order valence-corrected chi connectivity index (χ4v) is 2.48. The summed E-state index contributed by atoms with van der Waals surface area (Å²) in [4.78, 5) is 27.0. The molecule has 9 heteroatoms. The lowest BCUT2D eigenvalue weighted by Crippen LogP contribution is -2.48. The molecule has 0 saturated heterocycles. The molecule has 0 atom stereocenters. The number of guanidine groups is 1. The number of nitrogens with one attached hydrogen (secondary N) is 3. The Balaban J connectivity index is 0.00000450. The van der Waals surface area contributed by atoms with Gasteiger partial charge in [-0.3, -0.25) is 14.9 Å². The van der Waals surface area contributed by atoms with Crippen molar-refractivity contribution in [2.75, 3.05) is 6.54 Å². The number of carbonyl (C=O) groups excluding carboxylic acids is 1. The highest BCUT2D eigenvalue weighted by Gasteiger charge is 2.14. The van der Waals surface area contributed by atoms with Crippen LogP contribution in [-0.2, 0) is 17.9 Å². The normalized spacial score (nSPS) is 11.2. The molecule has 30 heavy (non-hydrogen) atoms. The molecule has 0 aliphatic heterocycles. The smallest absolute Gasteiger partial charge is 0.269 e. The van der Waals surface area contributed by atoms with E-state index in [0.717, 1.165) is 11.1 Å². The first-order valence-corrected chi connectivity index (χ1v) is 9.33. The molecule has 0 heterocycles. The third-order valence-electron chi connectivity index (χ3n) is 3.80. The lowest BCUT2D eigenvalue weighted by Gasteiger charge is -2.21. The van der Waals surface area contributed by atoms with E-state index in [1.54, 1.807) is 12.1 Å². The highest BCUT2D eigenvalue weighted by Crippen LogP contribution is 2.11. The van der Waals surface area contributed by atoms with Crippen molar-refractivity contribution < 1.29 is 9.72 Å². The molecule has 0 aromatic heterocycles. The van der Waals surface area contributed by atoms with E-state index in [1.165, 1.54) is 12.1 Å². The van der Waals surface area contributed by atoms with Gasteiger partial charge in [-0.05, 0) is 31.9 Å². The summed E-state index contributed by atoms with van der Waals surface area (Å²) in [7, 11) is 0. The number of carbonyl (C=O) groups is 1. The van der Waals surface area contributed by atoms with Gasteiger partial charge in [-0.2, -0.15) is 0 Å². The molecule has 0 saturated carbocycles. The number of benzene rings is 2. The van der Waals surface area contributed by atoms with Gasteiger partial charge >= 0.3 is 0 Å². The number of halogens is 1. The van der Waals surface area contributed by atoms with Crippen molar-refractivity contribution in [1.29, 1.82) is 0 Å². The van der Waals surface area contributed by atoms with Crippen LogP contribution in [0.4, 0.5) is 5.69 Å². The van der Waals surface area contributed by atoms with Crippen LogP contribution in [0.1, 0.15) is 31.9 Å². The van der Waals surface area contributed by atoms with E-state index in [9.17, 15) is 14.9 Å². The van der Waals surface area contributed by atoms with Gasteiger partial charge in [-0.25, -0.2) is 4.99 Å². The Morgan fingerprint density at radius 1 is 1.00 bits per heavy atom. The first-order valence-electron chi connectivity index (χ1n) is 9.33. The summed E-state index contributed by atoms with van der Waals surface area (Å²) in [6.45, 7) is 6.71. The number of aliphatic imine (C=N–C) groups is 1. The predicted molar refractivity (Wildman–Crippen MR) is 129 cm³/mol. The Labute approximate surface area is 193 Å². The van der Waals surface area contributed by atoms with Crippen LogP contribution in [0, 0.1) is 10.1 Å². The number of nitro benzene ring substituents is 1. The summed E-state index contributed by atoms with van der Waals surface area (Å²) in [6, 6.07) is 16.1. The number of amides is 1. The van der Waals surface area contributed by atoms with Gasteiger partial charge in [0.15, 0.2) is 5.96 Å². The topological polar surface area (TPSA) is 109 Å². The van der Waals surface area contributed by atoms with E-state index < -0.39 is 4.92 Å². The van der Waals surface area contributed by atoms with E-state index >= 15 is 0 Å². The van der Waals surface area contributed by atoms with Gasteiger partial charge in [0.25, 0.3) is 5.69 Å². The van der Waals surface area contributed by atoms with Crippen LogP contribution in [0.5, 0.6) is 0 Å². The van der Waals surface area contributed by atoms with Crippen molar-refractivity contribution in [3.63, 3.8) is 0 Å². The standard InChI is InChI=1S/C21H27N5O3.HI/c1-21(2,3)25-19(27)15-24-20(22-13-16-7-5-4-6-8-16)23-14-17-9-11-18(12-10-17)26(28)29;/h4-12H,13-15H2,1-3H3,(H,25,27)(H2,22,23,24);1H. The summed E-state index contributed by atoms with van der Waals surface area (Å²) in [6.07, 6.45) is 0. The minimum atomic E-state index is -0.431. The number of rotatable bonds is 7. The van der Waals surface area contributed by atoms with E-state index in [0.29, 0.717) is 19.0 Å². The molecule has 1 amide bonds. The molecule has 0 aliphatic rings. The molecule has 0 aliphatic carbocycles. The first kappa shape index (κ1) is 25.3. The Morgan fingerprint density at radius 2 is 1.63 bits per heavy atom. The van der Waals surface area contributed by atoms with E-state index in [1.807, 2.05) is 51.1 Å². The molecule has 0 bridgehead atoms. The summed E-state index contributed by atoms with van der Waals surface area (Å²) < 4.78 is 0. The molecule has 8 nitrogen and oxygen atoms in total. The van der Waals surface area contributed by atoms with Gasteiger partial charge in [0.05, 0.1) is 18.0 Å². The third kappa shape index (κ3) is 9.68. The maximum absolute atomic E-state index is 12.1. The monoisotopic (exact) mass is 525 g/mol. The molecule has 2 aromatic carbocycles. The van der Waals surface area contributed by atoms with Gasteiger partial charge in [0.2, 0.25) is 5.91 Å². The van der Waals surface area contributed by atoms with Crippen molar-refractivity contribution in [2.45, 2.75) is 39.4 Å². The van der Waals surface area contributed by atoms with Crippen LogP contribution in [-0.4, -0.2) is 28.9 Å². The number of hydrogen-bond donors (Lipinski definition) is 3. The van der Waals surface area contributed by atoms with Gasteiger partial charge in [0.1, 0.15) is 0 Å². The number of non-ortho nitro benzene ring substituents is 1. The summed E-state index contributed by atoms with van der Waals surface area (Å²) >= 11 is 0. The summed E-state index contributed by atoms with van der Waals surface area (Å²) in [5.74, 6) is 0.346. The number of nitrogens with zero attached hydrogens (tertiary/aromatic N) is 2. The minimum absolute atomic E-state index is 0. The van der Waals surface area contributed by atoms with Crippen LogP contribution in [0.15, 0.2) is 59.6 Å². The van der Waals surface area contributed by atoms with Crippen LogP contribution in [0.3, 0.4) is 0 Å². The molecule has 2 aromatic rings. The summed E-state index contributed by atoms with van der Waals surface area (Å²) in [5, 5.41) is 19.9. The highest BCUT2D eigenvalue weighted by molar-refractivity contribution is 14.0. The molecular weight excluding hydrogens is 497 g/mol. The first-order chi connectivity index (χ1) is 13.7. The van der Waals surface area contributed by atoms with Crippen LogP contribution < -0.4 is 16.0 Å². The fraction of sp³-hybridized carbons (Fsp3) is 0.333. The predicted octanol–water partition coefficient (Wildman–Crippen LogP) is 3.36. The van der Waals surface area contributed by atoms with Crippen molar-refractivity contribution in [1.82, 2.24) is 16.0 Å². The minimum Gasteiger partial charge on any atom is -0.352 e. The second kappa shape index (κ2) is 12.1. The third-order valence-corrected chi connectivity index (χ3v) is 3.80. The summed E-state index contributed by atoms with van der Waals surface area (Å²) in [5.41, 5.74) is 1.64. The van der Waals surface area contributed by atoms with Crippen LogP contribution in [0.2, 0.25) is 0 Å². The van der Waals surface area contributed by atoms with Gasteiger partial charge in [-0.1, -0.05) is 42.5 Å². The maximum atomic E-state index is 12.1. The van der Waals surface area contributed by atoms with Crippen molar-refractivity contribution in [2.24, 2.45) is 4.99 Å². The molecule has 0 spiro atoms. The maximum Gasteiger partial charge on any atom is 0.269 e.